The van der Waals surface area contributed by atoms with Crippen LogP contribution < -0.4 is 11.1 Å². The van der Waals surface area contributed by atoms with Crippen LogP contribution in [0.2, 0.25) is 0 Å². The largest absolute Gasteiger partial charge is 0.408 e. The van der Waals surface area contributed by atoms with Gasteiger partial charge in [0, 0.05) is 6.42 Å². The van der Waals surface area contributed by atoms with Crippen molar-refractivity contribution in [2.24, 2.45) is 15.9 Å². The average molecular weight is 245 g/mol. The van der Waals surface area contributed by atoms with Gasteiger partial charge in [0.1, 0.15) is 11.9 Å². The van der Waals surface area contributed by atoms with Crippen LogP contribution in [0.15, 0.2) is 10.1 Å². The van der Waals surface area contributed by atoms with Crippen molar-refractivity contribution in [3.63, 3.8) is 0 Å². The zero-order valence-electron chi connectivity index (χ0n) is 8.95. The molecule has 17 heavy (non-hydrogen) atoms. The molecule has 9 heteroatoms. The van der Waals surface area contributed by atoms with Gasteiger partial charge in [0.15, 0.2) is 6.23 Å². The van der Waals surface area contributed by atoms with Crippen molar-refractivity contribution in [3.8, 4) is 0 Å². The lowest BCUT2D eigenvalue weighted by Crippen LogP contribution is -2.41. The van der Waals surface area contributed by atoms with Gasteiger partial charge in [-0.1, -0.05) is 0 Å². The standard InChI is InChI=1S/C8H15N5O4/c9-2-6(10)11-8(13-16)12-7-5(15)1-4(3-14)17-7/h2,4-5,7,9,14-16H,1,3H2,(H3,10,11,12,13)/t4-,5+,7+/m0/s1. The van der Waals surface area contributed by atoms with E-state index in [0.29, 0.717) is 0 Å². The molecule has 1 heterocycles. The van der Waals surface area contributed by atoms with Gasteiger partial charge in [-0.15, -0.1) is 0 Å². The fourth-order valence-electron chi connectivity index (χ4n) is 1.36. The summed E-state index contributed by atoms with van der Waals surface area (Å²) in [5, 5.41) is 39.2. The van der Waals surface area contributed by atoms with Gasteiger partial charge in [-0.2, -0.15) is 4.99 Å². The van der Waals surface area contributed by atoms with Gasteiger partial charge in [0.2, 0.25) is 0 Å². The van der Waals surface area contributed by atoms with E-state index in [1.165, 1.54) is 0 Å². The molecule has 0 amide bonds. The number of aliphatic hydroxyl groups is 2. The van der Waals surface area contributed by atoms with Gasteiger partial charge >= 0.3 is 0 Å². The van der Waals surface area contributed by atoms with E-state index in [1.54, 1.807) is 0 Å². The number of rotatable bonds is 3. The number of guanidine groups is 1. The minimum Gasteiger partial charge on any atom is -0.408 e. The van der Waals surface area contributed by atoms with Gasteiger partial charge in [-0.3, -0.25) is 0 Å². The minimum absolute atomic E-state index is 0.170. The monoisotopic (exact) mass is 245 g/mol. The van der Waals surface area contributed by atoms with E-state index in [9.17, 15) is 5.11 Å². The molecule has 9 nitrogen and oxygen atoms in total. The fraction of sp³-hybridized carbons (Fsp3) is 0.625. The topological polar surface area (TPSA) is 157 Å². The van der Waals surface area contributed by atoms with Crippen LogP contribution in [-0.4, -0.2) is 58.5 Å². The zero-order valence-corrected chi connectivity index (χ0v) is 8.95. The number of aliphatic hydroxyl groups excluding tert-OH is 2. The Kier molecular flexibility index (Phi) is 4.82. The highest BCUT2D eigenvalue weighted by molar-refractivity contribution is 6.29. The van der Waals surface area contributed by atoms with Crippen molar-refractivity contribution in [2.75, 3.05) is 6.61 Å². The van der Waals surface area contributed by atoms with E-state index in [-0.39, 0.29) is 24.8 Å². The Hall–Kier alpha value is -1.71. The number of nitrogens with one attached hydrogen (secondary N) is 2. The van der Waals surface area contributed by atoms with E-state index in [1.807, 2.05) is 0 Å². The van der Waals surface area contributed by atoms with E-state index in [0.717, 1.165) is 6.21 Å². The lowest BCUT2D eigenvalue weighted by Gasteiger charge is -2.15. The highest BCUT2D eigenvalue weighted by atomic mass is 16.5. The van der Waals surface area contributed by atoms with E-state index in [2.05, 4.69) is 15.5 Å². The molecule has 1 fully saturated rings. The molecule has 0 spiro atoms. The minimum atomic E-state index is -0.861. The smallest absolute Gasteiger partial charge is 0.263 e. The van der Waals surface area contributed by atoms with Gasteiger partial charge in [-0.25, -0.2) is 0 Å². The fourth-order valence-corrected chi connectivity index (χ4v) is 1.36. The second kappa shape index (κ2) is 6.13. The molecule has 96 valence electrons. The number of amidine groups is 1. The van der Waals surface area contributed by atoms with Crippen LogP contribution in [-0.2, 0) is 4.74 Å². The molecular formula is C8H15N5O4. The van der Waals surface area contributed by atoms with Gasteiger partial charge < -0.3 is 36.6 Å². The summed E-state index contributed by atoms with van der Waals surface area (Å²) in [7, 11) is 0. The van der Waals surface area contributed by atoms with Crippen LogP contribution >= 0.6 is 0 Å². The number of hydrogen-bond donors (Lipinski definition) is 6. The quantitative estimate of drug-likeness (QED) is 0.143. The maximum atomic E-state index is 9.57. The number of hydrogen-bond acceptors (Lipinski definition) is 6. The first-order chi connectivity index (χ1) is 8.10. The second-order valence-corrected chi connectivity index (χ2v) is 3.41. The Morgan fingerprint density at radius 2 is 2.35 bits per heavy atom. The average Bonchev–Trinajstić information content (AvgIpc) is 2.69. The Morgan fingerprint density at radius 1 is 1.65 bits per heavy atom. The third kappa shape index (κ3) is 3.66. The summed E-state index contributed by atoms with van der Waals surface area (Å²) >= 11 is 0. The van der Waals surface area contributed by atoms with Crippen molar-refractivity contribution in [2.45, 2.75) is 24.9 Å². The third-order valence-corrected chi connectivity index (χ3v) is 2.15. The lowest BCUT2D eigenvalue weighted by atomic mass is 10.2. The third-order valence-electron chi connectivity index (χ3n) is 2.15. The predicted molar refractivity (Wildman–Crippen MR) is 59.1 cm³/mol. The molecule has 7 N–H and O–H groups in total. The number of ether oxygens (including phenoxy) is 1. The first-order valence-electron chi connectivity index (χ1n) is 4.88. The molecule has 0 radical (unpaired) electrons. The van der Waals surface area contributed by atoms with Crippen molar-refractivity contribution in [1.82, 2.24) is 5.32 Å². The molecule has 0 aromatic carbocycles. The normalized spacial score (nSPS) is 30.4. The number of oxime groups is 1. The van der Waals surface area contributed by atoms with Gasteiger partial charge in [0.25, 0.3) is 5.96 Å². The maximum Gasteiger partial charge on any atom is 0.263 e. The van der Waals surface area contributed by atoms with Crippen molar-refractivity contribution < 1.29 is 20.2 Å². The highest BCUT2D eigenvalue weighted by Gasteiger charge is 2.34. The van der Waals surface area contributed by atoms with Crippen LogP contribution in [0, 0.1) is 5.41 Å². The van der Waals surface area contributed by atoms with Gasteiger partial charge in [0.05, 0.1) is 18.9 Å². The van der Waals surface area contributed by atoms with Crippen LogP contribution in [0.1, 0.15) is 6.42 Å². The molecule has 3 atom stereocenters. The Morgan fingerprint density at radius 3 is 2.82 bits per heavy atom. The number of aliphatic imine (C=N–C) groups is 1. The molecule has 1 aliphatic heterocycles. The molecule has 0 aromatic heterocycles. The predicted octanol–water partition coefficient (Wildman–Crippen LogP) is -2.20. The molecular weight excluding hydrogens is 230 g/mol. The van der Waals surface area contributed by atoms with Crippen molar-refractivity contribution in [3.05, 3.63) is 0 Å². The Balaban J connectivity index is 2.61. The Bertz CT molecular complexity index is 332. The van der Waals surface area contributed by atoms with E-state index >= 15 is 0 Å². The number of nitrogens with zero attached hydrogens (tertiary/aromatic N) is 2. The molecule has 1 aliphatic rings. The molecule has 0 aromatic rings. The highest BCUT2D eigenvalue weighted by Crippen LogP contribution is 2.18. The molecule has 1 rings (SSSR count). The number of nitrogens with two attached hydrogens (primary N) is 1. The summed E-state index contributed by atoms with van der Waals surface area (Å²) in [4.78, 5) is 3.55. The van der Waals surface area contributed by atoms with Crippen molar-refractivity contribution >= 4 is 18.0 Å². The second-order valence-electron chi connectivity index (χ2n) is 3.41. The summed E-state index contributed by atoms with van der Waals surface area (Å²) in [6.45, 7) is -0.216. The first kappa shape index (κ1) is 13.4. The van der Waals surface area contributed by atoms with Crippen LogP contribution in [0.4, 0.5) is 0 Å². The maximum absolute atomic E-state index is 9.57. The zero-order chi connectivity index (χ0) is 12.8. The summed E-state index contributed by atoms with van der Waals surface area (Å²) < 4.78 is 5.20. The van der Waals surface area contributed by atoms with Gasteiger partial charge in [-0.05, 0) is 5.16 Å². The summed E-state index contributed by atoms with van der Waals surface area (Å²) in [6, 6.07) is 0. The van der Waals surface area contributed by atoms with E-state index < -0.39 is 18.4 Å². The Labute approximate surface area is 97.1 Å². The van der Waals surface area contributed by atoms with Crippen LogP contribution in [0.25, 0.3) is 0 Å². The molecule has 0 bridgehead atoms. The SMILES string of the molecule is N=C/C(N)=N\C(=N/O)N[C@@H]1O[C@H](CO)C[C@H]1O. The summed E-state index contributed by atoms with van der Waals surface area (Å²) in [5.41, 5.74) is 5.24. The summed E-state index contributed by atoms with van der Waals surface area (Å²) in [5.74, 6) is -0.454. The lowest BCUT2D eigenvalue weighted by molar-refractivity contribution is -0.0173. The summed E-state index contributed by atoms with van der Waals surface area (Å²) in [6.07, 6.45) is -1.15. The molecule has 0 aliphatic carbocycles. The van der Waals surface area contributed by atoms with Crippen molar-refractivity contribution in [1.29, 1.82) is 5.41 Å². The molecule has 0 saturated carbocycles. The van der Waals surface area contributed by atoms with E-state index in [4.69, 9.17) is 26.2 Å². The molecule has 0 unspecified atom stereocenters. The van der Waals surface area contributed by atoms with Crippen LogP contribution in [0.3, 0.4) is 0 Å². The first-order valence-corrected chi connectivity index (χ1v) is 4.88. The van der Waals surface area contributed by atoms with Crippen LogP contribution in [0.5, 0.6) is 0 Å². The molecule has 1 saturated heterocycles.